The predicted molar refractivity (Wildman–Crippen MR) is 69.1 cm³/mol. The van der Waals surface area contributed by atoms with Gasteiger partial charge in [0.1, 0.15) is 0 Å². The van der Waals surface area contributed by atoms with Crippen LogP contribution in [0.1, 0.15) is 23.8 Å². The number of aromatic nitrogens is 2. The molecule has 0 bridgehead atoms. The molecular weight excluding hydrogens is 244 g/mol. The highest BCUT2D eigenvalue weighted by molar-refractivity contribution is 5.45. The number of aliphatic hydroxyl groups is 1. The third-order valence-electron chi connectivity index (χ3n) is 3.38. The second-order valence-electron chi connectivity index (χ2n) is 4.61. The molecule has 5 heteroatoms. The summed E-state index contributed by atoms with van der Waals surface area (Å²) in [7, 11) is 1.91. The van der Waals surface area contributed by atoms with Crippen LogP contribution in [0.2, 0.25) is 0 Å². The Bertz CT molecular complexity index is 580. The fraction of sp³-hybridized carbons (Fsp3) is 0.357. The molecule has 0 fully saturated rings. The fourth-order valence-corrected chi connectivity index (χ4v) is 2.22. The van der Waals surface area contributed by atoms with Gasteiger partial charge in [-0.15, -0.1) is 0 Å². The maximum Gasteiger partial charge on any atom is 0.231 e. The summed E-state index contributed by atoms with van der Waals surface area (Å²) in [5, 5.41) is 14.3. The van der Waals surface area contributed by atoms with E-state index in [-0.39, 0.29) is 6.79 Å². The van der Waals surface area contributed by atoms with Crippen LogP contribution in [-0.2, 0) is 13.5 Å². The standard InChI is InChI=1S/C14H16N2O3/c1-16-11(6-7-15-16)3-4-12(17)10-2-5-13-14(8-10)19-9-18-13/h2,5-8,12,17H,3-4,9H2,1H3. The first-order valence-corrected chi connectivity index (χ1v) is 6.28. The lowest BCUT2D eigenvalue weighted by atomic mass is 10.0. The number of hydrogen-bond acceptors (Lipinski definition) is 4. The molecule has 2 aromatic rings. The molecule has 1 N–H and O–H groups in total. The molecule has 2 heterocycles. The van der Waals surface area contributed by atoms with Crippen molar-refractivity contribution in [1.29, 1.82) is 0 Å². The average Bonchev–Trinajstić information content (AvgIpc) is 3.03. The molecule has 0 saturated heterocycles. The van der Waals surface area contributed by atoms with E-state index in [2.05, 4.69) is 5.10 Å². The molecule has 1 atom stereocenters. The Kier molecular flexibility index (Phi) is 3.13. The molecule has 0 spiro atoms. The molecule has 1 aliphatic rings. The van der Waals surface area contributed by atoms with E-state index in [9.17, 15) is 5.11 Å². The van der Waals surface area contributed by atoms with E-state index >= 15 is 0 Å². The highest BCUT2D eigenvalue weighted by Crippen LogP contribution is 2.34. The van der Waals surface area contributed by atoms with Crippen LogP contribution >= 0.6 is 0 Å². The lowest BCUT2D eigenvalue weighted by Gasteiger charge is -2.11. The summed E-state index contributed by atoms with van der Waals surface area (Å²) in [5.74, 6) is 1.44. The van der Waals surface area contributed by atoms with Gasteiger partial charge < -0.3 is 14.6 Å². The summed E-state index contributed by atoms with van der Waals surface area (Å²) in [6.07, 6.45) is 2.69. The molecular formula is C14H16N2O3. The molecule has 5 nitrogen and oxygen atoms in total. The van der Waals surface area contributed by atoms with Crippen molar-refractivity contribution in [1.82, 2.24) is 9.78 Å². The quantitative estimate of drug-likeness (QED) is 0.911. The normalized spacial score (nSPS) is 14.6. The Morgan fingerprint density at radius 3 is 2.95 bits per heavy atom. The van der Waals surface area contributed by atoms with Gasteiger partial charge in [0, 0.05) is 18.9 Å². The number of benzene rings is 1. The number of ether oxygens (including phenoxy) is 2. The molecule has 0 saturated carbocycles. The van der Waals surface area contributed by atoms with Gasteiger partial charge in [0.2, 0.25) is 6.79 Å². The second kappa shape index (κ2) is 4.93. The lowest BCUT2D eigenvalue weighted by Crippen LogP contribution is -2.03. The minimum atomic E-state index is -0.510. The van der Waals surface area contributed by atoms with E-state index in [1.54, 1.807) is 6.20 Å². The molecule has 100 valence electrons. The fourth-order valence-electron chi connectivity index (χ4n) is 2.22. The largest absolute Gasteiger partial charge is 0.454 e. The zero-order valence-electron chi connectivity index (χ0n) is 10.7. The molecule has 0 aliphatic carbocycles. The summed E-state index contributed by atoms with van der Waals surface area (Å²) < 4.78 is 12.4. The zero-order valence-corrected chi connectivity index (χ0v) is 10.7. The van der Waals surface area contributed by atoms with Crippen LogP contribution in [0.25, 0.3) is 0 Å². The van der Waals surface area contributed by atoms with E-state index in [0.29, 0.717) is 12.2 Å². The number of fused-ring (bicyclic) bond motifs is 1. The van der Waals surface area contributed by atoms with Crippen LogP contribution < -0.4 is 9.47 Å². The van der Waals surface area contributed by atoms with Gasteiger partial charge >= 0.3 is 0 Å². The van der Waals surface area contributed by atoms with Gasteiger partial charge in [0.25, 0.3) is 0 Å². The molecule has 0 amide bonds. The summed E-state index contributed by atoms with van der Waals surface area (Å²) in [6, 6.07) is 7.52. The smallest absolute Gasteiger partial charge is 0.231 e. The van der Waals surface area contributed by atoms with Crippen molar-refractivity contribution in [3.8, 4) is 11.5 Å². The predicted octanol–water partition coefficient (Wildman–Crippen LogP) is 1.81. The van der Waals surface area contributed by atoms with Crippen LogP contribution in [0.15, 0.2) is 30.5 Å². The Balaban J connectivity index is 1.67. The van der Waals surface area contributed by atoms with Crippen LogP contribution in [0.4, 0.5) is 0 Å². The van der Waals surface area contributed by atoms with Crippen LogP contribution in [0.5, 0.6) is 11.5 Å². The number of hydrogen-bond donors (Lipinski definition) is 1. The van der Waals surface area contributed by atoms with Gasteiger partial charge in [-0.05, 0) is 36.6 Å². The van der Waals surface area contributed by atoms with Crippen molar-refractivity contribution in [3.05, 3.63) is 41.7 Å². The minimum absolute atomic E-state index is 0.254. The van der Waals surface area contributed by atoms with Gasteiger partial charge in [-0.1, -0.05) is 6.07 Å². The molecule has 1 unspecified atom stereocenters. The van der Waals surface area contributed by atoms with Crippen molar-refractivity contribution < 1.29 is 14.6 Å². The first-order chi connectivity index (χ1) is 9.24. The van der Waals surface area contributed by atoms with Gasteiger partial charge in [-0.3, -0.25) is 4.68 Å². The van der Waals surface area contributed by atoms with Crippen LogP contribution in [-0.4, -0.2) is 21.7 Å². The van der Waals surface area contributed by atoms with Crippen molar-refractivity contribution in [2.45, 2.75) is 18.9 Å². The number of nitrogens with zero attached hydrogens (tertiary/aromatic N) is 2. The van der Waals surface area contributed by atoms with E-state index in [0.717, 1.165) is 23.4 Å². The molecule has 1 aromatic heterocycles. The van der Waals surface area contributed by atoms with Gasteiger partial charge in [0.05, 0.1) is 6.10 Å². The van der Waals surface area contributed by atoms with E-state index < -0.39 is 6.10 Å². The highest BCUT2D eigenvalue weighted by atomic mass is 16.7. The number of aliphatic hydroxyl groups excluding tert-OH is 1. The second-order valence-corrected chi connectivity index (χ2v) is 4.61. The molecule has 3 rings (SSSR count). The third-order valence-corrected chi connectivity index (χ3v) is 3.38. The minimum Gasteiger partial charge on any atom is -0.454 e. The maximum absolute atomic E-state index is 10.2. The zero-order chi connectivity index (χ0) is 13.2. The van der Waals surface area contributed by atoms with Crippen molar-refractivity contribution in [3.63, 3.8) is 0 Å². The number of rotatable bonds is 4. The Morgan fingerprint density at radius 1 is 1.32 bits per heavy atom. The summed E-state index contributed by atoms with van der Waals surface area (Å²) in [5.41, 5.74) is 1.96. The summed E-state index contributed by atoms with van der Waals surface area (Å²) >= 11 is 0. The highest BCUT2D eigenvalue weighted by Gasteiger charge is 2.16. The topological polar surface area (TPSA) is 56.5 Å². The first kappa shape index (κ1) is 12.0. The monoisotopic (exact) mass is 260 g/mol. The molecule has 1 aliphatic heterocycles. The Labute approximate surface area is 111 Å². The van der Waals surface area contributed by atoms with Gasteiger partial charge in [-0.25, -0.2) is 0 Å². The Hall–Kier alpha value is -2.01. The van der Waals surface area contributed by atoms with Crippen molar-refractivity contribution in [2.24, 2.45) is 7.05 Å². The van der Waals surface area contributed by atoms with E-state index in [4.69, 9.17) is 9.47 Å². The van der Waals surface area contributed by atoms with Gasteiger partial charge in [0.15, 0.2) is 11.5 Å². The van der Waals surface area contributed by atoms with Crippen LogP contribution in [0.3, 0.4) is 0 Å². The SMILES string of the molecule is Cn1nccc1CCC(O)c1ccc2c(c1)OCO2. The average molecular weight is 260 g/mol. The molecule has 19 heavy (non-hydrogen) atoms. The summed E-state index contributed by atoms with van der Waals surface area (Å²) in [6.45, 7) is 0.254. The van der Waals surface area contributed by atoms with Crippen molar-refractivity contribution >= 4 is 0 Å². The van der Waals surface area contributed by atoms with Crippen LogP contribution in [0, 0.1) is 0 Å². The molecule has 0 radical (unpaired) electrons. The lowest BCUT2D eigenvalue weighted by molar-refractivity contribution is 0.165. The Morgan fingerprint density at radius 2 is 2.16 bits per heavy atom. The summed E-state index contributed by atoms with van der Waals surface area (Å²) in [4.78, 5) is 0. The van der Waals surface area contributed by atoms with E-state index in [1.165, 1.54) is 0 Å². The first-order valence-electron chi connectivity index (χ1n) is 6.28. The van der Waals surface area contributed by atoms with Crippen molar-refractivity contribution in [2.75, 3.05) is 6.79 Å². The van der Waals surface area contributed by atoms with Gasteiger partial charge in [-0.2, -0.15) is 5.10 Å². The van der Waals surface area contributed by atoms with E-state index in [1.807, 2.05) is 36.0 Å². The number of aryl methyl sites for hydroxylation is 2. The maximum atomic E-state index is 10.2. The molecule has 1 aromatic carbocycles. The third kappa shape index (κ3) is 2.42.